The van der Waals surface area contributed by atoms with Crippen molar-refractivity contribution in [2.45, 2.75) is 19.5 Å². The van der Waals surface area contributed by atoms with Gasteiger partial charge in [-0.2, -0.15) is 4.98 Å². The Balaban J connectivity index is 1.81. The maximum Gasteiger partial charge on any atom is 0.260 e. The molecule has 39 heavy (non-hydrogen) atoms. The number of carbonyl (C=O) groups is 1. The quantitative estimate of drug-likeness (QED) is 0.367. The standard InChI is InChI=1S/C26H32Cl2N6O5/c1-15(35)33-13-17(14-33)32(8-9-37-3)6-7-34-24-16(12-30-26(29-2)31-24)10-18(25(34)36)21-22(27)19(38-4)11-20(39-5)23(21)28/h10-12,17H,6-9,13-14H2,1-5H3,(H,29,30,31). The Morgan fingerprint density at radius 3 is 2.36 bits per heavy atom. The topological polar surface area (TPSA) is 111 Å². The van der Waals surface area contributed by atoms with Gasteiger partial charge in [0.25, 0.3) is 5.56 Å². The van der Waals surface area contributed by atoms with E-state index in [9.17, 15) is 9.59 Å². The van der Waals surface area contributed by atoms with Crippen LogP contribution in [0.25, 0.3) is 22.2 Å². The first-order valence-electron chi connectivity index (χ1n) is 12.4. The van der Waals surface area contributed by atoms with Gasteiger partial charge in [-0.05, 0) is 6.07 Å². The van der Waals surface area contributed by atoms with E-state index in [2.05, 4.69) is 20.2 Å². The molecule has 2 aromatic heterocycles. The molecular weight excluding hydrogens is 547 g/mol. The Bertz CT molecular complexity index is 1400. The molecule has 3 aromatic rings. The van der Waals surface area contributed by atoms with Gasteiger partial charge in [-0.25, -0.2) is 4.98 Å². The van der Waals surface area contributed by atoms with Gasteiger partial charge < -0.3 is 24.4 Å². The van der Waals surface area contributed by atoms with E-state index in [1.807, 2.05) is 0 Å². The molecule has 0 bridgehead atoms. The van der Waals surface area contributed by atoms with Crippen LogP contribution in [-0.2, 0) is 16.1 Å². The number of amides is 1. The SMILES string of the molecule is CNc1ncc2cc(-c3c(Cl)c(OC)cc(OC)c3Cl)c(=O)n(CCN(CCOC)C3CN(C(C)=O)C3)c2n1. The predicted molar refractivity (Wildman–Crippen MR) is 151 cm³/mol. The number of anilines is 1. The fraction of sp³-hybridized carbons (Fsp3) is 0.462. The maximum absolute atomic E-state index is 14.1. The van der Waals surface area contributed by atoms with Gasteiger partial charge in [-0.1, -0.05) is 23.2 Å². The van der Waals surface area contributed by atoms with Crippen molar-refractivity contribution in [3.05, 3.63) is 38.7 Å². The molecule has 0 radical (unpaired) electrons. The minimum Gasteiger partial charge on any atom is -0.495 e. The zero-order valence-electron chi connectivity index (χ0n) is 22.6. The second-order valence-corrected chi connectivity index (χ2v) is 9.88. The number of benzene rings is 1. The highest BCUT2D eigenvalue weighted by molar-refractivity contribution is 6.41. The number of hydrogen-bond donors (Lipinski definition) is 1. The second-order valence-electron chi connectivity index (χ2n) is 9.13. The third-order valence-corrected chi connectivity index (χ3v) is 7.66. The summed E-state index contributed by atoms with van der Waals surface area (Å²) in [7, 11) is 6.32. The van der Waals surface area contributed by atoms with Crippen molar-refractivity contribution in [3.63, 3.8) is 0 Å². The van der Waals surface area contributed by atoms with Crippen LogP contribution < -0.4 is 20.3 Å². The van der Waals surface area contributed by atoms with Gasteiger partial charge in [-0.3, -0.25) is 19.1 Å². The van der Waals surface area contributed by atoms with Crippen LogP contribution in [0.4, 0.5) is 5.95 Å². The number of likely N-dealkylation sites (tertiary alicyclic amines) is 1. The van der Waals surface area contributed by atoms with Gasteiger partial charge in [0.15, 0.2) is 0 Å². The largest absolute Gasteiger partial charge is 0.495 e. The summed E-state index contributed by atoms with van der Waals surface area (Å²) in [6, 6.07) is 3.43. The van der Waals surface area contributed by atoms with Crippen molar-refractivity contribution in [1.82, 2.24) is 24.3 Å². The molecule has 0 saturated carbocycles. The van der Waals surface area contributed by atoms with Gasteiger partial charge in [0.05, 0.1) is 36.4 Å². The Morgan fingerprint density at radius 2 is 1.79 bits per heavy atom. The minimum absolute atomic E-state index is 0.0478. The van der Waals surface area contributed by atoms with Crippen LogP contribution in [0.5, 0.6) is 11.5 Å². The van der Waals surface area contributed by atoms with Crippen LogP contribution in [0.3, 0.4) is 0 Å². The van der Waals surface area contributed by atoms with Crippen molar-refractivity contribution in [1.29, 1.82) is 0 Å². The number of halogens is 2. The van der Waals surface area contributed by atoms with E-state index < -0.39 is 0 Å². The highest BCUT2D eigenvalue weighted by Crippen LogP contribution is 2.45. The highest BCUT2D eigenvalue weighted by Gasteiger charge is 2.33. The smallest absolute Gasteiger partial charge is 0.260 e. The first-order valence-corrected chi connectivity index (χ1v) is 13.2. The molecule has 1 aliphatic rings. The molecule has 1 N–H and O–H groups in total. The van der Waals surface area contributed by atoms with Crippen molar-refractivity contribution in [2.75, 3.05) is 66.5 Å². The van der Waals surface area contributed by atoms with Crippen molar-refractivity contribution in [2.24, 2.45) is 0 Å². The molecular formula is C26H32Cl2N6O5. The molecule has 0 spiro atoms. The number of rotatable bonds is 11. The molecule has 1 amide bonds. The van der Waals surface area contributed by atoms with Crippen molar-refractivity contribution in [3.8, 4) is 22.6 Å². The van der Waals surface area contributed by atoms with E-state index in [1.165, 1.54) is 14.2 Å². The van der Waals surface area contributed by atoms with Crippen LogP contribution in [-0.4, -0.2) is 97.4 Å². The molecule has 1 fully saturated rings. The average molecular weight is 579 g/mol. The Labute approximate surface area is 236 Å². The number of pyridine rings is 1. The van der Waals surface area contributed by atoms with Crippen LogP contribution >= 0.6 is 23.2 Å². The van der Waals surface area contributed by atoms with Crippen LogP contribution in [0.1, 0.15) is 6.92 Å². The fourth-order valence-electron chi connectivity index (χ4n) is 4.65. The number of nitrogens with zero attached hydrogens (tertiary/aromatic N) is 5. The van der Waals surface area contributed by atoms with E-state index in [0.717, 1.165) is 0 Å². The van der Waals surface area contributed by atoms with Gasteiger partial charge in [-0.15, -0.1) is 0 Å². The summed E-state index contributed by atoms with van der Waals surface area (Å²) in [6.07, 6.45) is 1.65. The molecule has 210 valence electrons. The second kappa shape index (κ2) is 12.4. The lowest BCUT2D eigenvalue weighted by atomic mass is 10.0. The molecule has 11 nitrogen and oxygen atoms in total. The first-order chi connectivity index (χ1) is 18.7. The molecule has 13 heteroatoms. The van der Waals surface area contributed by atoms with Gasteiger partial charge in [0.1, 0.15) is 17.1 Å². The number of fused-ring (bicyclic) bond motifs is 1. The summed E-state index contributed by atoms with van der Waals surface area (Å²) in [6.45, 7) is 4.86. The van der Waals surface area contributed by atoms with E-state index >= 15 is 0 Å². The van der Waals surface area contributed by atoms with E-state index in [4.69, 9.17) is 37.4 Å². The fourth-order valence-corrected chi connectivity index (χ4v) is 5.35. The van der Waals surface area contributed by atoms with Crippen molar-refractivity contribution < 1.29 is 19.0 Å². The zero-order chi connectivity index (χ0) is 28.3. The van der Waals surface area contributed by atoms with E-state index in [1.54, 1.807) is 48.9 Å². The van der Waals surface area contributed by atoms with Gasteiger partial charge in [0.2, 0.25) is 11.9 Å². The zero-order valence-corrected chi connectivity index (χ0v) is 24.1. The number of aromatic nitrogens is 3. The molecule has 1 aliphatic heterocycles. The van der Waals surface area contributed by atoms with Crippen LogP contribution in [0.15, 0.2) is 23.1 Å². The molecule has 1 aromatic carbocycles. The summed E-state index contributed by atoms with van der Waals surface area (Å²) >= 11 is 13.4. The lowest BCUT2D eigenvalue weighted by Gasteiger charge is -2.45. The molecule has 1 saturated heterocycles. The number of nitrogens with one attached hydrogen (secondary N) is 1. The number of methoxy groups -OCH3 is 3. The summed E-state index contributed by atoms with van der Waals surface area (Å²) in [5, 5.41) is 3.95. The lowest BCUT2D eigenvalue weighted by molar-refractivity contribution is -0.136. The number of carbonyl (C=O) groups excluding carboxylic acids is 1. The molecule has 4 rings (SSSR count). The molecule has 0 atom stereocenters. The predicted octanol–water partition coefficient (Wildman–Crippen LogP) is 3.00. The van der Waals surface area contributed by atoms with Gasteiger partial charge in [0, 0.05) is 83.1 Å². The normalized spacial score (nSPS) is 13.6. The summed E-state index contributed by atoms with van der Waals surface area (Å²) in [4.78, 5) is 38.8. The Morgan fingerprint density at radius 1 is 1.13 bits per heavy atom. The van der Waals surface area contributed by atoms with Crippen molar-refractivity contribution >= 4 is 46.1 Å². The summed E-state index contributed by atoms with van der Waals surface area (Å²) < 4.78 is 17.8. The molecule has 0 unspecified atom stereocenters. The van der Waals surface area contributed by atoms with Gasteiger partial charge >= 0.3 is 0 Å². The minimum atomic E-state index is -0.326. The maximum atomic E-state index is 14.1. The third kappa shape index (κ3) is 5.76. The Kier molecular flexibility index (Phi) is 9.16. The summed E-state index contributed by atoms with van der Waals surface area (Å²) in [5.74, 6) is 1.08. The van der Waals surface area contributed by atoms with Crippen LogP contribution in [0, 0.1) is 0 Å². The number of hydrogen-bond acceptors (Lipinski definition) is 9. The number of ether oxygens (including phenoxy) is 3. The summed E-state index contributed by atoms with van der Waals surface area (Å²) in [5.41, 5.74) is 0.717. The first kappa shape index (κ1) is 28.9. The molecule has 0 aliphatic carbocycles. The van der Waals surface area contributed by atoms with E-state index in [-0.39, 0.29) is 33.1 Å². The lowest BCUT2D eigenvalue weighted by Crippen LogP contribution is -2.61. The van der Waals surface area contributed by atoms with Crippen LogP contribution in [0.2, 0.25) is 10.0 Å². The van der Waals surface area contributed by atoms with E-state index in [0.29, 0.717) is 73.4 Å². The Hall–Kier alpha value is -3.12. The average Bonchev–Trinajstić information content (AvgIpc) is 2.90. The monoisotopic (exact) mass is 578 g/mol. The third-order valence-electron chi connectivity index (χ3n) is 6.91. The molecule has 3 heterocycles. The highest BCUT2D eigenvalue weighted by atomic mass is 35.5.